The molecule has 4 rings (SSSR count). The van der Waals surface area contributed by atoms with Crippen LogP contribution in [0.2, 0.25) is 0 Å². The van der Waals surface area contributed by atoms with Crippen molar-refractivity contribution in [1.82, 2.24) is 14.9 Å². The third-order valence-corrected chi connectivity index (χ3v) is 4.98. The Balaban J connectivity index is 1.52. The molecule has 0 atom stereocenters. The molecule has 0 saturated carbocycles. The summed E-state index contributed by atoms with van der Waals surface area (Å²) in [7, 11) is 0. The van der Waals surface area contributed by atoms with Gasteiger partial charge in [-0.2, -0.15) is 0 Å². The molecule has 2 aromatic rings. The lowest BCUT2D eigenvalue weighted by Gasteiger charge is -2.27. The second-order valence-corrected chi connectivity index (χ2v) is 6.87. The first-order chi connectivity index (χ1) is 11.9. The van der Waals surface area contributed by atoms with Gasteiger partial charge in [-0.3, -0.25) is 4.90 Å². The van der Waals surface area contributed by atoms with E-state index in [1.807, 2.05) is 17.6 Å². The van der Waals surface area contributed by atoms with Gasteiger partial charge in [0.15, 0.2) is 0 Å². The third-order valence-electron chi connectivity index (χ3n) is 4.18. The zero-order valence-electron chi connectivity index (χ0n) is 13.5. The highest BCUT2D eigenvalue weighted by Gasteiger charge is 2.13. The molecule has 4 nitrogen and oxygen atoms in total. The van der Waals surface area contributed by atoms with Gasteiger partial charge in [0.2, 0.25) is 0 Å². The van der Waals surface area contributed by atoms with Gasteiger partial charge in [-0.05, 0) is 24.1 Å². The Bertz CT molecular complexity index is 776. The van der Waals surface area contributed by atoms with Crippen LogP contribution in [0.25, 0.3) is 10.7 Å². The number of thiazole rings is 1. The summed E-state index contributed by atoms with van der Waals surface area (Å²) in [4.78, 5) is 13.8. The molecular formula is C19H20N4S. The van der Waals surface area contributed by atoms with E-state index < -0.39 is 0 Å². The summed E-state index contributed by atoms with van der Waals surface area (Å²) >= 11 is 1.62. The molecule has 2 aromatic heterocycles. The Kier molecular flexibility index (Phi) is 4.53. The molecule has 0 fully saturated rings. The van der Waals surface area contributed by atoms with Gasteiger partial charge in [-0.1, -0.05) is 30.4 Å². The van der Waals surface area contributed by atoms with Crippen LogP contribution in [0.4, 0.5) is 5.82 Å². The van der Waals surface area contributed by atoms with Crippen molar-refractivity contribution < 1.29 is 0 Å². The second kappa shape index (κ2) is 7.11. The van der Waals surface area contributed by atoms with Crippen molar-refractivity contribution in [1.29, 1.82) is 0 Å². The van der Waals surface area contributed by atoms with Crippen LogP contribution in [0.5, 0.6) is 0 Å². The van der Waals surface area contributed by atoms with E-state index in [9.17, 15) is 0 Å². The fraction of sp³-hybridized carbons (Fsp3) is 0.263. The predicted octanol–water partition coefficient (Wildman–Crippen LogP) is 3.73. The monoisotopic (exact) mass is 336 g/mol. The SMILES string of the molecule is C1=CCN(CC2=CN(c3cccc(-c4nccs4)n3)CC=C2)CC1. The van der Waals surface area contributed by atoms with Gasteiger partial charge >= 0.3 is 0 Å². The normalized spacial score (nSPS) is 18.0. The number of aromatic nitrogens is 2. The summed E-state index contributed by atoms with van der Waals surface area (Å²) in [5.41, 5.74) is 2.27. The highest BCUT2D eigenvalue weighted by Crippen LogP contribution is 2.24. The highest BCUT2D eigenvalue weighted by atomic mass is 32.1. The van der Waals surface area contributed by atoms with Gasteiger partial charge in [-0.15, -0.1) is 11.3 Å². The molecule has 24 heavy (non-hydrogen) atoms. The maximum absolute atomic E-state index is 4.79. The van der Waals surface area contributed by atoms with E-state index in [2.05, 4.69) is 57.4 Å². The molecule has 0 bridgehead atoms. The van der Waals surface area contributed by atoms with E-state index in [1.54, 1.807) is 11.3 Å². The summed E-state index contributed by atoms with van der Waals surface area (Å²) in [6, 6.07) is 6.14. The molecule has 5 heteroatoms. The first-order valence-corrected chi connectivity index (χ1v) is 9.14. The van der Waals surface area contributed by atoms with Crippen LogP contribution in [0.1, 0.15) is 6.42 Å². The number of pyridine rings is 1. The quantitative estimate of drug-likeness (QED) is 0.797. The average Bonchev–Trinajstić information content (AvgIpc) is 3.18. The zero-order chi connectivity index (χ0) is 16.2. The van der Waals surface area contributed by atoms with E-state index in [0.29, 0.717) is 0 Å². The molecule has 0 saturated heterocycles. The maximum atomic E-state index is 4.79. The Morgan fingerprint density at radius 1 is 1.12 bits per heavy atom. The summed E-state index contributed by atoms with van der Waals surface area (Å²) in [6.45, 7) is 4.03. The molecule has 2 aliphatic heterocycles. The van der Waals surface area contributed by atoms with Crippen LogP contribution in [0.3, 0.4) is 0 Å². The van der Waals surface area contributed by atoms with Crippen LogP contribution in [-0.4, -0.2) is 41.0 Å². The maximum Gasteiger partial charge on any atom is 0.141 e. The van der Waals surface area contributed by atoms with E-state index in [4.69, 9.17) is 4.98 Å². The molecule has 0 amide bonds. The van der Waals surface area contributed by atoms with E-state index in [1.165, 1.54) is 5.57 Å². The molecule has 0 aliphatic carbocycles. The van der Waals surface area contributed by atoms with Gasteiger partial charge in [0, 0.05) is 44.0 Å². The number of rotatable bonds is 4. The van der Waals surface area contributed by atoms with Crippen LogP contribution in [0, 0.1) is 0 Å². The van der Waals surface area contributed by atoms with Gasteiger partial charge in [0.25, 0.3) is 0 Å². The van der Waals surface area contributed by atoms with E-state index in [-0.39, 0.29) is 0 Å². The minimum absolute atomic E-state index is 0.859. The van der Waals surface area contributed by atoms with Crippen LogP contribution in [0.15, 0.2) is 65.9 Å². The molecule has 4 heterocycles. The Hall–Kier alpha value is -2.24. The topological polar surface area (TPSA) is 32.3 Å². The number of hydrogen-bond acceptors (Lipinski definition) is 5. The number of nitrogens with zero attached hydrogens (tertiary/aromatic N) is 4. The molecule has 0 aromatic carbocycles. The third kappa shape index (κ3) is 3.47. The standard InChI is InChI=1S/C19H20N4S/c1-2-10-22(11-3-1)14-16-6-5-12-23(15-16)18-8-4-7-17(21-18)19-20-9-13-24-19/h1-2,4-9,13,15H,3,10-12,14H2. The van der Waals surface area contributed by atoms with Gasteiger partial charge in [0.05, 0.1) is 0 Å². The van der Waals surface area contributed by atoms with Crippen LogP contribution < -0.4 is 4.90 Å². The largest absolute Gasteiger partial charge is 0.329 e. The van der Waals surface area contributed by atoms with E-state index >= 15 is 0 Å². The number of anilines is 1. The van der Waals surface area contributed by atoms with E-state index in [0.717, 1.165) is 49.1 Å². The first kappa shape index (κ1) is 15.3. The molecule has 0 spiro atoms. The zero-order valence-corrected chi connectivity index (χ0v) is 14.3. The first-order valence-electron chi connectivity index (χ1n) is 8.27. The van der Waals surface area contributed by atoms with Gasteiger partial charge < -0.3 is 4.90 Å². The Morgan fingerprint density at radius 2 is 2.12 bits per heavy atom. The molecule has 0 unspecified atom stereocenters. The van der Waals surface area contributed by atoms with Crippen molar-refractivity contribution in [3.05, 3.63) is 65.9 Å². The average molecular weight is 336 g/mol. The second-order valence-electron chi connectivity index (χ2n) is 5.97. The van der Waals surface area contributed by atoms with Crippen molar-refractivity contribution in [2.45, 2.75) is 6.42 Å². The van der Waals surface area contributed by atoms with Crippen molar-refractivity contribution in [3.8, 4) is 10.7 Å². The van der Waals surface area contributed by atoms with Crippen molar-refractivity contribution in [2.24, 2.45) is 0 Å². The van der Waals surface area contributed by atoms with Crippen LogP contribution >= 0.6 is 11.3 Å². The van der Waals surface area contributed by atoms with Crippen LogP contribution in [-0.2, 0) is 0 Å². The molecule has 122 valence electrons. The summed E-state index contributed by atoms with van der Waals surface area (Å²) < 4.78 is 0. The molecule has 0 N–H and O–H groups in total. The lowest BCUT2D eigenvalue weighted by molar-refractivity contribution is 0.325. The van der Waals surface area contributed by atoms with Crippen molar-refractivity contribution >= 4 is 17.2 Å². The number of hydrogen-bond donors (Lipinski definition) is 0. The van der Waals surface area contributed by atoms with Gasteiger partial charge in [-0.25, -0.2) is 9.97 Å². The van der Waals surface area contributed by atoms with Gasteiger partial charge in [0.1, 0.15) is 16.5 Å². The Morgan fingerprint density at radius 3 is 2.96 bits per heavy atom. The Labute approximate surface area is 146 Å². The lowest BCUT2D eigenvalue weighted by atomic mass is 10.1. The smallest absolute Gasteiger partial charge is 0.141 e. The molecular weight excluding hydrogens is 316 g/mol. The summed E-state index contributed by atoms with van der Waals surface area (Å²) in [5, 5.41) is 2.95. The minimum Gasteiger partial charge on any atom is -0.329 e. The summed E-state index contributed by atoms with van der Waals surface area (Å²) in [6.07, 6.45) is 14.2. The fourth-order valence-electron chi connectivity index (χ4n) is 3.01. The molecule has 0 radical (unpaired) electrons. The fourth-order valence-corrected chi connectivity index (χ4v) is 3.62. The van der Waals surface area contributed by atoms with Crippen molar-refractivity contribution in [3.63, 3.8) is 0 Å². The molecule has 2 aliphatic rings. The van der Waals surface area contributed by atoms with Crippen molar-refractivity contribution in [2.75, 3.05) is 31.1 Å². The summed E-state index contributed by atoms with van der Waals surface area (Å²) in [5.74, 6) is 0.975. The minimum atomic E-state index is 0.859. The lowest BCUT2D eigenvalue weighted by Crippen LogP contribution is -2.31. The highest BCUT2D eigenvalue weighted by molar-refractivity contribution is 7.13. The predicted molar refractivity (Wildman–Crippen MR) is 100 cm³/mol.